The second-order valence-corrected chi connectivity index (χ2v) is 3.66. The number of carbonyl (C=O) groups is 1. The number of rotatable bonds is 2. The van der Waals surface area contributed by atoms with E-state index in [9.17, 15) is 9.18 Å². The van der Waals surface area contributed by atoms with Crippen LogP contribution in [-0.4, -0.2) is 10.9 Å². The molecule has 2 aromatic rings. The van der Waals surface area contributed by atoms with E-state index in [1.165, 1.54) is 18.2 Å². The highest BCUT2D eigenvalue weighted by atomic mass is 19.1. The van der Waals surface area contributed by atoms with E-state index in [1.54, 1.807) is 31.5 Å². The summed E-state index contributed by atoms with van der Waals surface area (Å²) in [5, 5.41) is 2.68. The van der Waals surface area contributed by atoms with Crippen molar-refractivity contribution in [3.05, 3.63) is 59.7 Å². The zero-order chi connectivity index (χ0) is 12.3. The fraction of sp³-hybridized carbons (Fsp3) is 0.0769. The average molecular weight is 230 g/mol. The van der Waals surface area contributed by atoms with Crippen LogP contribution in [0.2, 0.25) is 0 Å². The van der Waals surface area contributed by atoms with E-state index in [2.05, 4.69) is 10.3 Å². The van der Waals surface area contributed by atoms with Gasteiger partial charge in [-0.2, -0.15) is 0 Å². The van der Waals surface area contributed by atoms with Crippen molar-refractivity contribution in [2.75, 3.05) is 5.32 Å². The number of hydrogen-bond acceptors (Lipinski definition) is 2. The largest absolute Gasteiger partial charge is 0.321 e. The smallest absolute Gasteiger partial charge is 0.255 e. The van der Waals surface area contributed by atoms with E-state index in [4.69, 9.17) is 0 Å². The highest BCUT2D eigenvalue weighted by Gasteiger charge is 2.07. The third kappa shape index (κ3) is 2.66. The number of hydrogen-bond donors (Lipinski definition) is 1. The second-order valence-electron chi connectivity index (χ2n) is 3.66. The summed E-state index contributed by atoms with van der Waals surface area (Å²) >= 11 is 0. The normalized spacial score (nSPS) is 10.0. The second kappa shape index (κ2) is 4.74. The number of halogens is 1. The number of amides is 1. The van der Waals surface area contributed by atoms with Crippen molar-refractivity contribution >= 4 is 11.6 Å². The lowest BCUT2D eigenvalue weighted by Crippen LogP contribution is -2.12. The fourth-order valence-corrected chi connectivity index (χ4v) is 1.43. The Balaban J connectivity index is 2.18. The van der Waals surface area contributed by atoms with Crippen LogP contribution in [0.4, 0.5) is 10.1 Å². The third-order valence-corrected chi connectivity index (χ3v) is 2.34. The minimum atomic E-state index is -0.317. The standard InChI is InChI=1S/C13H11FN2O/c1-9-7-10(4-5-12(9)14)13(17)16-11-3-2-6-15-8-11/h2-8H,1H3,(H,16,17). The van der Waals surface area contributed by atoms with Crippen LogP contribution in [-0.2, 0) is 0 Å². The molecular weight excluding hydrogens is 219 g/mol. The SMILES string of the molecule is Cc1cc(C(=O)Nc2cccnc2)ccc1F. The van der Waals surface area contributed by atoms with E-state index >= 15 is 0 Å². The number of carbonyl (C=O) groups excluding carboxylic acids is 1. The molecule has 2 rings (SSSR count). The summed E-state index contributed by atoms with van der Waals surface area (Å²) in [6, 6.07) is 7.72. The predicted molar refractivity (Wildman–Crippen MR) is 63.3 cm³/mol. The molecule has 0 aliphatic rings. The van der Waals surface area contributed by atoms with Crippen LogP contribution in [0.15, 0.2) is 42.7 Å². The molecule has 1 N–H and O–H groups in total. The Morgan fingerprint density at radius 2 is 2.18 bits per heavy atom. The predicted octanol–water partition coefficient (Wildman–Crippen LogP) is 2.78. The van der Waals surface area contributed by atoms with Gasteiger partial charge in [-0.1, -0.05) is 0 Å². The first-order valence-electron chi connectivity index (χ1n) is 5.14. The average Bonchev–Trinajstić information content (AvgIpc) is 2.34. The van der Waals surface area contributed by atoms with Crippen molar-refractivity contribution in [1.29, 1.82) is 0 Å². The summed E-state index contributed by atoms with van der Waals surface area (Å²) in [5.41, 5.74) is 1.48. The minimum absolute atomic E-state index is 0.277. The molecule has 17 heavy (non-hydrogen) atoms. The molecule has 0 bridgehead atoms. The third-order valence-electron chi connectivity index (χ3n) is 2.34. The van der Waals surface area contributed by atoms with Crippen molar-refractivity contribution in [1.82, 2.24) is 4.98 Å². The number of aryl methyl sites for hydroxylation is 1. The molecule has 0 radical (unpaired) electrons. The van der Waals surface area contributed by atoms with Crippen LogP contribution >= 0.6 is 0 Å². The highest BCUT2D eigenvalue weighted by molar-refractivity contribution is 6.04. The molecule has 0 fully saturated rings. The number of aromatic nitrogens is 1. The van der Waals surface area contributed by atoms with Gasteiger partial charge in [-0.05, 0) is 42.8 Å². The zero-order valence-electron chi connectivity index (χ0n) is 9.27. The molecule has 0 saturated heterocycles. The summed E-state index contributed by atoms with van der Waals surface area (Å²) in [6.07, 6.45) is 3.17. The Bertz CT molecular complexity index is 540. The van der Waals surface area contributed by atoms with Gasteiger partial charge in [0.25, 0.3) is 5.91 Å². The number of nitrogens with one attached hydrogen (secondary N) is 1. The van der Waals surface area contributed by atoms with Crippen LogP contribution < -0.4 is 5.32 Å². The van der Waals surface area contributed by atoms with Crippen molar-refractivity contribution in [3.8, 4) is 0 Å². The molecule has 1 aromatic carbocycles. The van der Waals surface area contributed by atoms with Gasteiger partial charge >= 0.3 is 0 Å². The molecule has 86 valence electrons. The van der Waals surface area contributed by atoms with Gasteiger partial charge in [-0.25, -0.2) is 4.39 Å². The van der Waals surface area contributed by atoms with Gasteiger partial charge < -0.3 is 5.32 Å². The van der Waals surface area contributed by atoms with Gasteiger partial charge in [-0.15, -0.1) is 0 Å². The number of pyridine rings is 1. The van der Waals surface area contributed by atoms with Crippen LogP contribution in [0.3, 0.4) is 0 Å². The Hall–Kier alpha value is -2.23. The van der Waals surface area contributed by atoms with Crippen LogP contribution in [0.1, 0.15) is 15.9 Å². The first-order chi connectivity index (χ1) is 8.16. The summed E-state index contributed by atoms with van der Waals surface area (Å²) in [7, 11) is 0. The number of anilines is 1. The van der Waals surface area contributed by atoms with Crippen LogP contribution in [0.25, 0.3) is 0 Å². The molecule has 0 unspecified atom stereocenters. The van der Waals surface area contributed by atoms with E-state index < -0.39 is 0 Å². The maximum atomic E-state index is 13.0. The van der Waals surface area contributed by atoms with E-state index in [1.807, 2.05) is 0 Å². The van der Waals surface area contributed by atoms with Gasteiger partial charge in [0.2, 0.25) is 0 Å². The lowest BCUT2D eigenvalue weighted by atomic mass is 10.1. The van der Waals surface area contributed by atoms with Gasteiger partial charge in [0, 0.05) is 11.8 Å². The van der Waals surface area contributed by atoms with E-state index in [0.717, 1.165) is 0 Å². The highest BCUT2D eigenvalue weighted by Crippen LogP contribution is 2.11. The lowest BCUT2D eigenvalue weighted by Gasteiger charge is -2.05. The van der Waals surface area contributed by atoms with Crippen LogP contribution in [0.5, 0.6) is 0 Å². The summed E-state index contributed by atoms with van der Waals surface area (Å²) in [6.45, 7) is 1.62. The van der Waals surface area contributed by atoms with Crippen molar-refractivity contribution in [2.24, 2.45) is 0 Å². The lowest BCUT2D eigenvalue weighted by molar-refractivity contribution is 0.102. The Morgan fingerprint density at radius 3 is 2.82 bits per heavy atom. The van der Waals surface area contributed by atoms with Crippen LogP contribution in [0, 0.1) is 12.7 Å². The molecule has 4 heteroatoms. The van der Waals surface area contributed by atoms with Gasteiger partial charge in [0.15, 0.2) is 0 Å². The molecule has 1 aromatic heterocycles. The van der Waals surface area contributed by atoms with Crippen molar-refractivity contribution in [2.45, 2.75) is 6.92 Å². The molecule has 0 aliphatic carbocycles. The first-order valence-corrected chi connectivity index (χ1v) is 5.14. The maximum Gasteiger partial charge on any atom is 0.255 e. The van der Waals surface area contributed by atoms with E-state index in [-0.39, 0.29) is 11.7 Å². The Labute approximate surface area is 98.3 Å². The molecular formula is C13H11FN2O. The zero-order valence-corrected chi connectivity index (χ0v) is 9.27. The fourth-order valence-electron chi connectivity index (χ4n) is 1.43. The van der Waals surface area contributed by atoms with Crippen molar-refractivity contribution in [3.63, 3.8) is 0 Å². The van der Waals surface area contributed by atoms with Gasteiger partial charge in [-0.3, -0.25) is 9.78 Å². The topological polar surface area (TPSA) is 42.0 Å². The summed E-state index contributed by atoms with van der Waals surface area (Å²) in [5.74, 6) is -0.593. The Morgan fingerprint density at radius 1 is 1.35 bits per heavy atom. The quantitative estimate of drug-likeness (QED) is 0.861. The van der Waals surface area contributed by atoms with Crippen molar-refractivity contribution < 1.29 is 9.18 Å². The summed E-state index contributed by atoms with van der Waals surface area (Å²) in [4.78, 5) is 15.7. The summed E-state index contributed by atoms with van der Waals surface area (Å²) < 4.78 is 13.0. The Kier molecular flexibility index (Phi) is 3.14. The number of nitrogens with zero attached hydrogens (tertiary/aromatic N) is 1. The van der Waals surface area contributed by atoms with E-state index in [0.29, 0.717) is 16.8 Å². The molecule has 0 saturated carbocycles. The molecule has 1 amide bonds. The van der Waals surface area contributed by atoms with Gasteiger partial charge in [0.1, 0.15) is 5.82 Å². The molecule has 3 nitrogen and oxygen atoms in total. The first kappa shape index (κ1) is 11.3. The monoisotopic (exact) mass is 230 g/mol. The number of benzene rings is 1. The molecule has 1 heterocycles. The molecule has 0 atom stereocenters. The maximum absolute atomic E-state index is 13.0. The van der Waals surface area contributed by atoms with Gasteiger partial charge in [0.05, 0.1) is 11.9 Å². The molecule has 0 aliphatic heterocycles. The molecule has 0 spiro atoms. The minimum Gasteiger partial charge on any atom is -0.321 e.